The maximum absolute atomic E-state index is 12.4. The number of carboxylic acids is 1. The van der Waals surface area contributed by atoms with Crippen LogP contribution in [-0.4, -0.2) is 40.4 Å². The molecule has 0 heterocycles. The first-order valence-corrected chi connectivity index (χ1v) is 9.55. The molecular formula is C23H26N2O6. The maximum atomic E-state index is 12.4. The van der Waals surface area contributed by atoms with Crippen LogP contribution in [0.3, 0.4) is 0 Å². The first-order chi connectivity index (χ1) is 14.4. The van der Waals surface area contributed by atoms with Gasteiger partial charge in [-0.25, -0.2) is 4.79 Å². The van der Waals surface area contributed by atoms with Gasteiger partial charge in [0.05, 0.1) is 11.1 Å². The molecule has 0 aliphatic heterocycles. The average molecular weight is 426 g/mol. The van der Waals surface area contributed by atoms with Gasteiger partial charge in [-0.15, -0.1) is 0 Å². The van der Waals surface area contributed by atoms with Crippen molar-refractivity contribution in [3.05, 3.63) is 58.7 Å². The predicted octanol–water partition coefficient (Wildman–Crippen LogP) is 4.42. The molecule has 0 unspecified atom stereocenters. The molecule has 0 atom stereocenters. The molecular weight excluding hydrogens is 400 g/mol. The number of aromatic hydroxyl groups is 1. The molecule has 8 nitrogen and oxygen atoms in total. The van der Waals surface area contributed by atoms with Crippen molar-refractivity contribution in [1.29, 1.82) is 10.8 Å². The van der Waals surface area contributed by atoms with Crippen LogP contribution in [0, 0.1) is 23.2 Å². The smallest absolute Gasteiger partial charge is 0.335 e. The molecule has 0 amide bonds. The summed E-state index contributed by atoms with van der Waals surface area (Å²) in [6.45, 7) is 7.09. The van der Waals surface area contributed by atoms with Crippen molar-refractivity contribution in [1.82, 2.24) is 0 Å². The number of aromatic carboxylic acids is 1. The summed E-state index contributed by atoms with van der Waals surface area (Å²) in [5, 5.41) is 35.2. The minimum Gasteiger partial charge on any atom is -0.507 e. The SMILES string of the molecule is Cc1c(OCC(=N)OC(=N)c2cccc(C(=O)O)c2)ccc(C(=O)CC(C)(C)C)c1O. The summed E-state index contributed by atoms with van der Waals surface area (Å²) in [6, 6.07) is 8.66. The average Bonchev–Trinajstić information content (AvgIpc) is 2.67. The van der Waals surface area contributed by atoms with Crippen molar-refractivity contribution in [2.24, 2.45) is 5.41 Å². The summed E-state index contributed by atoms with van der Waals surface area (Å²) in [6.07, 6.45) is 0.282. The lowest BCUT2D eigenvalue weighted by Crippen LogP contribution is -2.19. The van der Waals surface area contributed by atoms with Gasteiger partial charge in [-0.05, 0) is 42.7 Å². The molecule has 31 heavy (non-hydrogen) atoms. The van der Waals surface area contributed by atoms with Crippen molar-refractivity contribution in [3.8, 4) is 11.5 Å². The predicted molar refractivity (Wildman–Crippen MR) is 116 cm³/mol. The number of Topliss-reactive ketones (excluding diaryl/α,β-unsaturated/α-hetero) is 1. The van der Waals surface area contributed by atoms with Crippen LogP contribution in [0.15, 0.2) is 36.4 Å². The Morgan fingerprint density at radius 1 is 1.06 bits per heavy atom. The highest BCUT2D eigenvalue weighted by molar-refractivity contribution is 6.01. The normalized spacial score (nSPS) is 11.0. The molecule has 0 saturated heterocycles. The highest BCUT2D eigenvalue weighted by Crippen LogP contribution is 2.33. The van der Waals surface area contributed by atoms with Gasteiger partial charge in [-0.1, -0.05) is 26.8 Å². The van der Waals surface area contributed by atoms with Gasteiger partial charge in [-0.3, -0.25) is 15.6 Å². The number of carboxylic acid groups (broad SMARTS) is 1. The maximum Gasteiger partial charge on any atom is 0.335 e. The molecule has 0 spiro atoms. The Morgan fingerprint density at radius 2 is 1.71 bits per heavy atom. The van der Waals surface area contributed by atoms with Crippen LogP contribution in [-0.2, 0) is 4.74 Å². The van der Waals surface area contributed by atoms with Crippen molar-refractivity contribution in [2.45, 2.75) is 34.1 Å². The van der Waals surface area contributed by atoms with E-state index < -0.39 is 5.97 Å². The number of ketones is 1. The Bertz CT molecular complexity index is 1040. The molecule has 0 bridgehead atoms. The number of carbonyl (C=O) groups excluding carboxylic acids is 1. The minimum absolute atomic E-state index is 0.000767. The summed E-state index contributed by atoms with van der Waals surface area (Å²) in [5.74, 6) is -1.97. The molecule has 0 aliphatic carbocycles. The largest absolute Gasteiger partial charge is 0.507 e. The number of carbonyl (C=O) groups is 2. The van der Waals surface area contributed by atoms with E-state index >= 15 is 0 Å². The second-order valence-corrected chi connectivity index (χ2v) is 8.27. The second-order valence-electron chi connectivity index (χ2n) is 8.27. The van der Waals surface area contributed by atoms with Gasteiger partial charge in [-0.2, -0.15) is 0 Å². The number of ether oxygens (including phenoxy) is 2. The second kappa shape index (κ2) is 9.42. The summed E-state index contributed by atoms with van der Waals surface area (Å²) in [5.41, 5.74) is 0.567. The molecule has 2 aromatic rings. The minimum atomic E-state index is -1.13. The first kappa shape index (κ1) is 23.6. The van der Waals surface area contributed by atoms with Gasteiger partial charge < -0.3 is 19.7 Å². The van der Waals surface area contributed by atoms with Crippen molar-refractivity contribution < 1.29 is 29.3 Å². The number of rotatable bonds is 7. The van der Waals surface area contributed by atoms with Crippen LogP contribution >= 0.6 is 0 Å². The fraction of sp³-hybridized carbons (Fsp3) is 0.304. The molecule has 0 radical (unpaired) electrons. The molecule has 4 N–H and O–H groups in total. The topological polar surface area (TPSA) is 141 Å². The number of nitrogens with one attached hydrogen (secondary N) is 2. The summed E-state index contributed by atoms with van der Waals surface area (Å²) in [4.78, 5) is 23.5. The Kier molecular flexibility index (Phi) is 7.17. The van der Waals surface area contributed by atoms with Gasteiger partial charge in [0.15, 0.2) is 12.4 Å². The lowest BCUT2D eigenvalue weighted by atomic mass is 9.87. The first-order valence-electron chi connectivity index (χ1n) is 9.55. The van der Waals surface area contributed by atoms with E-state index in [1.54, 1.807) is 13.0 Å². The van der Waals surface area contributed by atoms with E-state index in [1.807, 2.05) is 20.8 Å². The molecule has 0 fully saturated rings. The quantitative estimate of drug-likeness (QED) is 0.293. The molecule has 2 rings (SSSR count). The zero-order valence-corrected chi connectivity index (χ0v) is 17.9. The molecule has 0 aliphatic rings. The Labute approximate surface area is 180 Å². The molecule has 164 valence electrons. The highest BCUT2D eigenvalue weighted by Gasteiger charge is 2.22. The summed E-state index contributed by atoms with van der Waals surface area (Å²) in [7, 11) is 0. The Morgan fingerprint density at radius 3 is 2.32 bits per heavy atom. The van der Waals surface area contributed by atoms with Crippen LogP contribution < -0.4 is 4.74 Å². The van der Waals surface area contributed by atoms with E-state index in [4.69, 9.17) is 25.4 Å². The van der Waals surface area contributed by atoms with Crippen LogP contribution in [0.5, 0.6) is 11.5 Å². The molecule has 2 aromatic carbocycles. The van der Waals surface area contributed by atoms with Crippen molar-refractivity contribution >= 4 is 23.5 Å². The molecule has 0 saturated carbocycles. The zero-order chi connectivity index (χ0) is 23.3. The van der Waals surface area contributed by atoms with E-state index in [0.29, 0.717) is 5.56 Å². The number of phenols is 1. The lowest BCUT2D eigenvalue weighted by Gasteiger charge is -2.18. The summed E-state index contributed by atoms with van der Waals surface area (Å²) < 4.78 is 10.6. The van der Waals surface area contributed by atoms with Crippen LogP contribution in [0.25, 0.3) is 0 Å². The van der Waals surface area contributed by atoms with Crippen LogP contribution in [0.2, 0.25) is 0 Å². The van der Waals surface area contributed by atoms with Gasteiger partial charge in [0.25, 0.3) is 0 Å². The third kappa shape index (κ3) is 6.40. The third-order valence-electron chi connectivity index (χ3n) is 4.33. The van der Waals surface area contributed by atoms with Crippen molar-refractivity contribution in [2.75, 3.05) is 6.61 Å². The van der Waals surface area contributed by atoms with Gasteiger partial charge >= 0.3 is 5.97 Å². The number of benzene rings is 2. The van der Waals surface area contributed by atoms with Gasteiger partial charge in [0, 0.05) is 17.5 Å². The fourth-order valence-electron chi connectivity index (χ4n) is 2.79. The molecule has 0 aromatic heterocycles. The lowest BCUT2D eigenvalue weighted by molar-refractivity contribution is 0.0696. The van der Waals surface area contributed by atoms with E-state index in [2.05, 4.69) is 0 Å². The standard InChI is InChI=1S/C23H26N2O6/c1-13-18(9-8-16(20(13)27)17(26)11-23(2,3)4)30-12-19(24)31-21(25)14-6-5-7-15(10-14)22(28)29/h5-10,24-25,27H,11-12H2,1-4H3,(H,28,29). The van der Waals surface area contributed by atoms with E-state index in [1.165, 1.54) is 30.3 Å². The van der Waals surface area contributed by atoms with Crippen LogP contribution in [0.1, 0.15) is 59.0 Å². The highest BCUT2D eigenvalue weighted by atomic mass is 16.5. The van der Waals surface area contributed by atoms with Gasteiger partial charge in [0.2, 0.25) is 11.8 Å². The van der Waals surface area contributed by atoms with Gasteiger partial charge in [0.1, 0.15) is 11.5 Å². The Balaban J connectivity index is 2.03. The van der Waals surface area contributed by atoms with Crippen molar-refractivity contribution in [3.63, 3.8) is 0 Å². The molecule has 8 heteroatoms. The zero-order valence-electron chi connectivity index (χ0n) is 17.9. The van der Waals surface area contributed by atoms with E-state index in [0.717, 1.165) is 0 Å². The van der Waals surface area contributed by atoms with E-state index in [9.17, 15) is 14.7 Å². The third-order valence-corrected chi connectivity index (χ3v) is 4.33. The Hall–Kier alpha value is -3.68. The number of hydrogen-bond donors (Lipinski definition) is 4. The fourth-order valence-corrected chi connectivity index (χ4v) is 2.79. The summed E-state index contributed by atoms with van der Waals surface area (Å²) >= 11 is 0. The van der Waals surface area contributed by atoms with E-state index in [-0.39, 0.29) is 64.2 Å². The van der Waals surface area contributed by atoms with Crippen LogP contribution in [0.4, 0.5) is 0 Å². The monoisotopic (exact) mass is 426 g/mol. The number of phenolic OH excluding ortho intramolecular Hbond substituents is 1. The number of hydrogen-bond acceptors (Lipinski definition) is 7.